The van der Waals surface area contributed by atoms with Crippen LogP contribution in [0.5, 0.6) is 5.75 Å². The molecule has 1 heterocycles. The van der Waals surface area contributed by atoms with Gasteiger partial charge in [0.1, 0.15) is 30.0 Å². The maximum Gasteiger partial charge on any atom is 0.407 e. The van der Waals surface area contributed by atoms with Gasteiger partial charge >= 0.3 is 6.09 Å². The van der Waals surface area contributed by atoms with E-state index in [1.807, 2.05) is 68.4 Å². The standard InChI is InChI=1S/C34H50N4O8/c1-23(2)28-31(40)35-14-15-43-16-17-44-18-19-45-26-13-9-12-25(20-26)22-36-29(32(41)38-28)30(39)27(21-24-10-7-6-8-11-24)37-33(42)46-34(3,4)5/h6-13,20,23,27-30,36,39H,14-19,21-22H2,1-5H3,(H,35,40)(H,37,42)(H,38,41)/t27-,28?,29+,30?/m0/s1. The molecule has 2 aromatic carbocycles. The van der Waals surface area contributed by atoms with E-state index < -0.39 is 41.8 Å². The van der Waals surface area contributed by atoms with Crippen LogP contribution < -0.4 is 26.0 Å². The number of benzene rings is 2. The Labute approximate surface area is 271 Å². The maximum atomic E-state index is 14.0. The highest BCUT2D eigenvalue weighted by Crippen LogP contribution is 2.16. The van der Waals surface area contributed by atoms with Crippen molar-refractivity contribution in [1.82, 2.24) is 21.3 Å². The molecule has 0 spiro atoms. The van der Waals surface area contributed by atoms with Crippen LogP contribution in [0.4, 0.5) is 4.79 Å². The van der Waals surface area contributed by atoms with E-state index in [4.69, 9.17) is 18.9 Å². The number of rotatable bonds is 6. The van der Waals surface area contributed by atoms with Crippen LogP contribution in [-0.4, -0.2) is 92.4 Å². The lowest BCUT2D eigenvalue weighted by molar-refractivity contribution is -0.133. The van der Waals surface area contributed by atoms with Crippen molar-refractivity contribution in [2.75, 3.05) is 39.6 Å². The number of nitrogens with one attached hydrogen (secondary N) is 4. The van der Waals surface area contributed by atoms with Gasteiger partial charge in [0.2, 0.25) is 11.8 Å². The van der Waals surface area contributed by atoms with Gasteiger partial charge in [-0.05, 0) is 56.4 Å². The van der Waals surface area contributed by atoms with Gasteiger partial charge < -0.3 is 40.0 Å². The predicted octanol–water partition coefficient (Wildman–Crippen LogP) is 2.32. The number of carbonyl (C=O) groups excluding carboxylic acids is 3. The zero-order valence-electron chi connectivity index (χ0n) is 27.5. The summed E-state index contributed by atoms with van der Waals surface area (Å²) in [7, 11) is 0. The smallest absolute Gasteiger partial charge is 0.407 e. The third-order valence-corrected chi connectivity index (χ3v) is 7.12. The van der Waals surface area contributed by atoms with Crippen molar-refractivity contribution in [2.45, 2.75) is 77.4 Å². The van der Waals surface area contributed by atoms with Crippen LogP contribution in [0.15, 0.2) is 54.6 Å². The number of alkyl carbamates (subject to hydrolysis) is 1. The SMILES string of the molecule is CC(C)C1NC(=O)[C@@H](C(O)[C@H](Cc2ccccc2)NC(=O)OC(C)(C)C)NCc2cccc(c2)OCCOCCOCCNC1=O. The molecule has 3 rings (SSSR count). The summed E-state index contributed by atoms with van der Waals surface area (Å²) in [4.78, 5) is 40.0. The van der Waals surface area contributed by atoms with Crippen LogP contribution in [0, 0.1) is 5.92 Å². The van der Waals surface area contributed by atoms with E-state index in [2.05, 4.69) is 21.3 Å². The quantitative estimate of drug-likeness (QED) is 0.319. The molecule has 46 heavy (non-hydrogen) atoms. The third kappa shape index (κ3) is 13.0. The molecule has 1 aliphatic rings. The number of fused-ring (bicyclic) bond motifs is 2. The molecule has 2 unspecified atom stereocenters. The van der Waals surface area contributed by atoms with Gasteiger partial charge in [-0.25, -0.2) is 4.79 Å². The molecule has 0 fully saturated rings. The molecule has 3 amide bonds. The fourth-order valence-electron chi connectivity index (χ4n) is 4.83. The van der Waals surface area contributed by atoms with Gasteiger partial charge in [0.15, 0.2) is 0 Å². The van der Waals surface area contributed by atoms with Gasteiger partial charge in [-0.1, -0.05) is 56.3 Å². The van der Waals surface area contributed by atoms with E-state index in [-0.39, 0.29) is 37.9 Å². The monoisotopic (exact) mass is 642 g/mol. The second-order valence-corrected chi connectivity index (χ2v) is 12.5. The van der Waals surface area contributed by atoms with Gasteiger partial charge in [0.25, 0.3) is 0 Å². The molecular formula is C34H50N4O8. The molecule has 0 radical (unpaired) electrons. The molecule has 0 aromatic heterocycles. The molecule has 5 N–H and O–H groups in total. The van der Waals surface area contributed by atoms with Gasteiger partial charge in [0.05, 0.1) is 38.6 Å². The van der Waals surface area contributed by atoms with Crippen molar-refractivity contribution in [1.29, 1.82) is 0 Å². The van der Waals surface area contributed by atoms with Gasteiger partial charge in [-0.3, -0.25) is 14.9 Å². The first-order valence-electron chi connectivity index (χ1n) is 15.8. The molecule has 2 aromatic rings. The Morgan fingerprint density at radius 2 is 1.65 bits per heavy atom. The zero-order valence-corrected chi connectivity index (χ0v) is 27.5. The number of aliphatic hydroxyl groups excluding tert-OH is 1. The minimum Gasteiger partial charge on any atom is -0.491 e. The molecule has 1 aliphatic heterocycles. The second-order valence-electron chi connectivity index (χ2n) is 12.5. The third-order valence-electron chi connectivity index (χ3n) is 7.12. The largest absolute Gasteiger partial charge is 0.491 e. The van der Waals surface area contributed by atoms with Crippen molar-refractivity contribution in [3.05, 3.63) is 65.7 Å². The second kappa shape index (κ2) is 18.4. The zero-order chi connectivity index (χ0) is 33.5. The fourth-order valence-corrected chi connectivity index (χ4v) is 4.83. The molecule has 12 nitrogen and oxygen atoms in total. The molecule has 2 bridgehead atoms. The fraction of sp³-hybridized carbons (Fsp3) is 0.559. The first-order valence-corrected chi connectivity index (χ1v) is 15.8. The number of hydrogen-bond acceptors (Lipinski definition) is 9. The summed E-state index contributed by atoms with van der Waals surface area (Å²) < 4.78 is 22.4. The summed E-state index contributed by atoms with van der Waals surface area (Å²) in [6.07, 6.45) is -1.94. The minimum absolute atomic E-state index is 0.184. The van der Waals surface area contributed by atoms with Crippen LogP contribution in [0.25, 0.3) is 0 Å². The Balaban J connectivity index is 1.93. The van der Waals surface area contributed by atoms with E-state index in [1.54, 1.807) is 20.8 Å². The van der Waals surface area contributed by atoms with Crippen LogP contribution in [0.3, 0.4) is 0 Å². The molecular weight excluding hydrogens is 592 g/mol. The van der Waals surface area contributed by atoms with E-state index in [9.17, 15) is 19.5 Å². The number of aliphatic hydroxyl groups is 1. The highest BCUT2D eigenvalue weighted by Gasteiger charge is 2.37. The van der Waals surface area contributed by atoms with Crippen LogP contribution in [0.1, 0.15) is 45.7 Å². The summed E-state index contributed by atoms with van der Waals surface area (Å²) in [5.74, 6) is -0.605. The first kappa shape index (κ1) is 36.8. The highest BCUT2D eigenvalue weighted by molar-refractivity contribution is 5.90. The molecule has 0 saturated carbocycles. The number of ether oxygens (including phenoxy) is 4. The van der Waals surface area contributed by atoms with Crippen LogP contribution in [0.2, 0.25) is 0 Å². The Hall–Kier alpha value is -3.71. The van der Waals surface area contributed by atoms with E-state index in [0.717, 1.165) is 11.1 Å². The summed E-state index contributed by atoms with van der Waals surface area (Å²) in [6, 6.07) is 13.6. The van der Waals surface area contributed by atoms with Crippen molar-refractivity contribution in [3.8, 4) is 5.75 Å². The summed E-state index contributed by atoms with van der Waals surface area (Å²) in [5.41, 5.74) is 0.858. The number of amides is 3. The predicted molar refractivity (Wildman–Crippen MR) is 173 cm³/mol. The highest BCUT2D eigenvalue weighted by atomic mass is 16.6. The summed E-state index contributed by atoms with van der Waals surface area (Å²) in [5, 5.41) is 23.4. The Bertz CT molecular complexity index is 1240. The average Bonchev–Trinajstić information content (AvgIpc) is 2.99. The van der Waals surface area contributed by atoms with Crippen molar-refractivity contribution in [2.24, 2.45) is 5.92 Å². The molecule has 0 aliphatic carbocycles. The Kier molecular flexibility index (Phi) is 14.7. The number of carbonyl (C=O) groups is 3. The molecule has 0 saturated heterocycles. The van der Waals surface area contributed by atoms with Crippen molar-refractivity contribution < 1.29 is 38.4 Å². The normalized spacial score (nSPS) is 20.8. The summed E-state index contributed by atoms with van der Waals surface area (Å²) >= 11 is 0. The van der Waals surface area contributed by atoms with Gasteiger partial charge in [0, 0.05) is 13.1 Å². The van der Waals surface area contributed by atoms with E-state index in [1.165, 1.54) is 0 Å². The van der Waals surface area contributed by atoms with Crippen molar-refractivity contribution >= 4 is 17.9 Å². The van der Waals surface area contributed by atoms with Gasteiger partial charge in [-0.2, -0.15) is 0 Å². The Morgan fingerprint density at radius 1 is 0.957 bits per heavy atom. The van der Waals surface area contributed by atoms with E-state index >= 15 is 0 Å². The lowest BCUT2D eigenvalue weighted by Crippen LogP contribution is -2.62. The van der Waals surface area contributed by atoms with Gasteiger partial charge in [-0.15, -0.1) is 0 Å². The lowest BCUT2D eigenvalue weighted by atomic mass is 9.94. The maximum absolute atomic E-state index is 14.0. The number of hydrogen-bond donors (Lipinski definition) is 5. The summed E-state index contributed by atoms with van der Waals surface area (Å²) in [6.45, 7) is 11.1. The topological polar surface area (TPSA) is 156 Å². The van der Waals surface area contributed by atoms with Crippen molar-refractivity contribution in [3.63, 3.8) is 0 Å². The first-order chi connectivity index (χ1) is 21.9. The van der Waals surface area contributed by atoms with E-state index in [0.29, 0.717) is 32.2 Å². The average molecular weight is 643 g/mol. The molecule has 254 valence electrons. The molecule has 12 heteroatoms. The molecule has 4 atom stereocenters. The van der Waals surface area contributed by atoms with Crippen LogP contribution >= 0.6 is 0 Å². The minimum atomic E-state index is -1.42. The Morgan fingerprint density at radius 3 is 2.35 bits per heavy atom. The lowest BCUT2D eigenvalue weighted by Gasteiger charge is -2.33. The van der Waals surface area contributed by atoms with Crippen LogP contribution in [-0.2, 0) is 36.8 Å².